The normalized spacial score (nSPS) is 11.5. The second-order valence-corrected chi connectivity index (χ2v) is 11.8. The summed E-state index contributed by atoms with van der Waals surface area (Å²) in [6, 6.07) is 4.13. The molecule has 3 heterocycles. The van der Waals surface area contributed by atoms with Crippen LogP contribution in [-0.4, -0.2) is 65.1 Å². The van der Waals surface area contributed by atoms with Crippen LogP contribution >= 0.6 is 22.9 Å². The summed E-state index contributed by atoms with van der Waals surface area (Å²) in [4.78, 5) is 26.7. The first-order valence-corrected chi connectivity index (χ1v) is 13.6. The number of nitrogens with one attached hydrogen (secondary N) is 1. The molecule has 0 bridgehead atoms. The van der Waals surface area contributed by atoms with Crippen LogP contribution in [0.3, 0.4) is 0 Å². The zero-order valence-electron chi connectivity index (χ0n) is 21.1. The Morgan fingerprint density at radius 2 is 1.85 bits per heavy atom. The molecule has 0 aliphatic carbocycles. The number of aromatic carboxylic acids is 1. The molecule has 0 unspecified atom stereocenters. The van der Waals surface area contributed by atoms with E-state index in [1.165, 1.54) is 30.0 Å². The second-order valence-electron chi connectivity index (χ2n) is 8.17. The van der Waals surface area contributed by atoms with Crippen LogP contribution in [-0.2, 0) is 28.3 Å². The van der Waals surface area contributed by atoms with E-state index in [0.717, 1.165) is 35.6 Å². The summed E-state index contributed by atoms with van der Waals surface area (Å²) >= 11 is 6.72. The molecule has 0 saturated carbocycles. The number of anilines is 2. The van der Waals surface area contributed by atoms with E-state index in [2.05, 4.69) is 14.8 Å². The largest absolute Gasteiger partial charge is 0.490 e. The number of rotatable bonds is 9. The highest BCUT2D eigenvalue weighted by Gasteiger charge is 2.38. The van der Waals surface area contributed by atoms with Crippen LogP contribution in [0.4, 0.5) is 24.7 Å². The summed E-state index contributed by atoms with van der Waals surface area (Å²) < 4.78 is 61.3. The van der Waals surface area contributed by atoms with E-state index in [4.69, 9.17) is 21.5 Å². The lowest BCUT2D eigenvalue weighted by atomic mass is 10.1. The number of carboxylic acids is 2. The van der Waals surface area contributed by atoms with Crippen LogP contribution in [0, 0.1) is 13.8 Å². The number of sulfonamides is 1. The summed E-state index contributed by atoms with van der Waals surface area (Å²) in [6.45, 7) is 4.56. The van der Waals surface area contributed by atoms with Gasteiger partial charge in [0.2, 0.25) is 0 Å². The third kappa shape index (κ3) is 8.56. The van der Waals surface area contributed by atoms with Crippen LogP contribution in [0.2, 0.25) is 4.34 Å². The Bertz CT molecular complexity index is 1460. The molecule has 3 aromatic rings. The van der Waals surface area contributed by atoms with Gasteiger partial charge in [0.05, 0.1) is 21.9 Å². The number of hydrogen-bond donors (Lipinski definition) is 3. The summed E-state index contributed by atoms with van der Waals surface area (Å²) in [6.07, 6.45) is -2.20. The minimum absolute atomic E-state index is 0.0292. The molecule has 3 aromatic heterocycles. The molecule has 0 aromatic carbocycles. The van der Waals surface area contributed by atoms with Crippen LogP contribution in [0.15, 0.2) is 28.6 Å². The standard InChI is InChI=1S/C20H24ClN5O4S2.C2HF3O2/c1-12-15(13(2)26(4)23-12)6-5-9-25(3)19-16(20(27)28)10-14(11-22-19)24-32(29,30)18-8-7-17(21)31-18;3-2(4,5)1(6)7/h7-8,10-11,24H,5-6,9H2,1-4H3,(H,27,28);(H,6,7). The Kier molecular flexibility index (Phi) is 10.3. The molecule has 0 aliphatic rings. The Hall–Kier alpha value is -3.37. The van der Waals surface area contributed by atoms with Crippen molar-refractivity contribution in [3.05, 3.63) is 51.2 Å². The molecule has 11 nitrogen and oxygen atoms in total. The molecule has 0 spiro atoms. The SMILES string of the molecule is Cc1nn(C)c(C)c1CCCN(C)c1ncc(NS(=O)(=O)c2ccc(Cl)s2)cc1C(=O)O.O=C(O)C(F)(F)F. The third-order valence-corrected chi connectivity index (χ3v) is 8.45. The van der Waals surface area contributed by atoms with Crippen molar-refractivity contribution in [3.63, 3.8) is 0 Å². The highest BCUT2D eigenvalue weighted by Crippen LogP contribution is 2.28. The van der Waals surface area contributed by atoms with Gasteiger partial charge in [0.15, 0.2) is 0 Å². The van der Waals surface area contributed by atoms with E-state index in [1.807, 2.05) is 25.6 Å². The van der Waals surface area contributed by atoms with Crippen molar-refractivity contribution in [2.75, 3.05) is 23.2 Å². The number of aryl methyl sites for hydroxylation is 2. The monoisotopic (exact) mass is 611 g/mol. The number of nitrogens with zero attached hydrogens (tertiary/aromatic N) is 4. The highest BCUT2D eigenvalue weighted by molar-refractivity contribution is 7.94. The number of thiophene rings is 1. The van der Waals surface area contributed by atoms with Gasteiger partial charge < -0.3 is 15.1 Å². The number of pyridine rings is 1. The van der Waals surface area contributed by atoms with Crippen molar-refractivity contribution >= 4 is 56.4 Å². The number of carboxylic acid groups (broad SMARTS) is 2. The van der Waals surface area contributed by atoms with E-state index in [-0.39, 0.29) is 21.3 Å². The van der Waals surface area contributed by atoms with Gasteiger partial charge in [-0.3, -0.25) is 9.40 Å². The number of aliphatic carboxylic acids is 1. The molecular weight excluding hydrogens is 587 g/mol. The Balaban J connectivity index is 0.000000673. The molecule has 0 saturated heterocycles. The highest BCUT2D eigenvalue weighted by atomic mass is 35.5. The van der Waals surface area contributed by atoms with E-state index in [9.17, 15) is 31.5 Å². The summed E-state index contributed by atoms with van der Waals surface area (Å²) in [5.41, 5.74) is 3.25. The molecule has 39 heavy (non-hydrogen) atoms. The quantitative estimate of drug-likeness (QED) is 0.320. The number of halogens is 4. The zero-order valence-corrected chi connectivity index (χ0v) is 23.5. The van der Waals surface area contributed by atoms with Crippen molar-refractivity contribution in [3.8, 4) is 0 Å². The first-order chi connectivity index (χ1) is 17.9. The molecule has 0 radical (unpaired) electrons. The van der Waals surface area contributed by atoms with E-state index < -0.39 is 28.1 Å². The molecule has 0 aliphatic heterocycles. The van der Waals surface area contributed by atoms with Crippen LogP contribution in [0.5, 0.6) is 0 Å². The molecule has 0 amide bonds. The molecule has 17 heteroatoms. The molecule has 3 rings (SSSR count). The second kappa shape index (κ2) is 12.7. The van der Waals surface area contributed by atoms with Crippen molar-refractivity contribution < 1.29 is 41.4 Å². The van der Waals surface area contributed by atoms with Gasteiger partial charge in [0, 0.05) is 26.3 Å². The predicted molar refractivity (Wildman–Crippen MR) is 139 cm³/mol. The summed E-state index contributed by atoms with van der Waals surface area (Å²) in [7, 11) is -0.224. The first-order valence-electron chi connectivity index (χ1n) is 11.0. The summed E-state index contributed by atoms with van der Waals surface area (Å²) in [5, 5.41) is 21.2. The van der Waals surface area contributed by atoms with Gasteiger partial charge in [-0.05, 0) is 50.5 Å². The fourth-order valence-corrected chi connectivity index (χ4v) is 5.92. The van der Waals surface area contributed by atoms with Gasteiger partial charge in [-0.25, -0.2) is 23.0 Å². The van der Waals surface area contributed by atoms with Gasteiger partial charge in [0.25, 0.3) is 10.0 Å². The molecular formula is C22H25ClF3N5O6S2. The number of alkyl halides is 3. The number of aromatic nitrogens is 3. The third-order valence-electron chi connectivity index (χ3n) is 5.35. The van der Waals surface area contributed by atoms with Gasteiger partial charge >= 0.3 is 18.1 Å². The Labute approximate surface area is 230 Å². The fraction of sp³-hybridized carbons (Fsp3) is 0.364. The van der Waals surface area contributed by atoms with Crippen molar-refractivity contribution in [2.45, 2.75) is 37.1 Å². The van der Waals surface area contributed by atoms with Gasteiger partial charge in [-0.2, -0.15) is 18.3 Å². The smallest absolute Gasteiger partial charge is 0.478 e. The lowest BCUT2D eigenvalue weighted by Crippen LogP contribution is -2.23. The van der Waals surface area contributed by atoms with E-state index in [0.29, 0.717) is 10.9 Å². The molecule has 0 atom stereocenters. The van der Waals surface area contributed by atoms with E-state index in [1.54, 1.807) is 11.9 Å². The maximum atomic E-state index is 12.5. The molecule has 0 fully saturated rings. The van der Waals surface area contributed by atoms with Crippen molar-refractivity contribution in [1.29, 1.82) is 0 Å². The van der Waals surface area contributed by atoms with Gasteiger partial charge in [-0.1, -0.05) is 11.6 Å². The maximum absolute atomic E-state index is 12.5. The fourth-order valence-electron chi connectivity index (χ4n) is 3.40. The topological polar surface area (TPSA) is 155 Å². The minimum atomic E-state index is -5.08. The lowest BCUT2D eigenvalue weighted by Gasteiger charge is -2.20. The maximum Gasteiger partial charge on any atom is 0.490 e. The summed E-state index contributed by atoms with van der Waals surface area (Å²) in [5.74, 6) is -3.69. The number of carbonyl (C=O) groups is 2. The molecule has 214 valence electrons. The predicted octanol–water partition coefficient (Wildman–Crippen LogP) is 4.35. The van der Waals surface area contributed by atoms with Crippen LogP contribution in [0.1, 0.15) is 33.7 Å². The lowest BCUT2D eigenvalue weighted by molar-refractivity contribution is -0.192. The zero-order chi connectivity index (χ0) is 29.7. The van der Waals surface area contributed by atoms with Crippen LogP contribution < -0.4 is 9.62 Å². The van der Waals surface area contributed by atoms with Crippen LogP contribution in [0.25, 0.3) is 0 Å². The average molecular weight is 612 g/mol. The Morgan fingerprint density at radius 1 is 1.23 bits per heavy atom. The number of hydrogen-bond acceptors (Lipinski definition) is 8. The van der Waals surface area contributed by atoms with Gasteiger partial charge in [0.1, 0.15) is 15.6 Å². The van der Waals surface area contributed by atoms with Crippen molar-refractivity contribution in [2.24, 2.45) is 7.05 Å². The van der Waals surface area contributed by atoms with E-state index >= 15 is 0 Å². The molecule has 3 N–H and O–H groups in total. The minimum Gasteiger partial charge on any atom is -0.478 e. The van der Waals surface area contributed by atoms with Gasteiger partial charge in [-0.15, -0.1) is 11.3 Å². The average Bonchev–Trinajstić information content (AvgIpc) is 3.37. The first kappa shape index (κ1) is 31.8. The Morgan fingerprint density at radius 3 is 2.31 bits per heavy atom. The van der Waals surface area contributed by atoms with Crippen molar-refractivity contribution in [1.82, 2.24) is 14.8 Å².